The number of furan rings is 1. The fourth-order valence-electron chi connectivity index (χ4n) is 4.17. The van der Waals surface area contributed by atoms with Crippen molar-refractivity contribution in [2.45, 2.75) is 40.5 Å². The molecule has 27 heavy (non-hydrogen) atoms. The zero-order valence-electron chi connectivity index (χ0n) is 16.8. The Labute approximate surface area is 159 Å². The van der Waals surface area contributed by atoms with Crippen molar-refractivity contribution in [3.05, 3.63) is 64.6 Å². The molecular formula is C24H25FNO+. The van der Waals surface area contributed by atoms with Crippen LogP contribution in [-0.4, -0.2) is 0 Å². The summed E-state index contributed by atoms with van der Waals surface area (Å²) in [6.45, 7) is 10.6. The van der Waals surface area contributed by atoms with E-state index in [1.807, 2.05) is 6.92 Å². The van der Waals surface area contributed by atoms with E-state index in [9.17, 15) is 4.39 Å². The Bertz CT molecular complexity index is 1200. The maximum atomic E-state index is 13.9. The lowest BCUT2D eigenvalue weighted by atomic mass is 9.95. The van der Waals surface area contributed by atoms with E-state index in [2.05, 4.69) is 63.7 Å². The largest absolute Gasteiger partial charge is 0.455 e. The lowest BCUT2D eigenvalue weighted by Gasteiger charge is -2.11. The van der Waals surface area contributed by atoms with Crippen LogP contribution in [0.3, 0.4) is 0 Å². The van der Waals surface area contributed by atoms with E-state index in [0.29, 0.717) is 11.5 Å². The van der Waals surface area contributed by atoms with Gasteiger partial charge in [-0.2, -0.15) is 0 Å². The number of halogens is 1. The van der Waals surface area contributed by atoms with Gasteiger partial charge in [-0.25, -0.2) is 8.96 Å². The number of hydrogen-bond donors (Lipinski definition) is 0. The molecule has 0 radical (unpaired) electrons. The van der Waals surface area contributed by atoms with Crippen molar-refractivity contribution >= 4 is 21.9 Å². The van der Waals surface area contributed by atoms with Crippen LogP contribution in [0.1, 0.15) is 42.0 Å². The zero-order valence-corrected chi connectivity index (χ0v) is 16.8. The van der Waals surface area contributed by atoms with E-state index < -0.39 is 0 Å². The number of rotatable bonds is 2. The highest BCUT2D eigenvalue weighted by Gasteiger charge is 2.23. The van der Waals surface area contributed by atoms with E-state index >= 15 is 0 Å². The molecule has 0 aliphatic heterocycles. The number of aromatic nitrogens is 1. The van der Waals surface area contributed by atoms with Crippen LogP contribution < -0.4 is 4.57 Å². The first kappa shape index (κ1) is 17.7. The minimum atomic E-state index is -0.264. The van der Waals surface area contributed by atoms with Crippen molar-refractivity contribution in [2.24, 2.45) is 7.05 Å². The van der Waals surface area contributed by atoms with E-state index in [4.69, 9.17) is 4.42 Å². The second kappa shape index (κ2) is 6.19. The first-order chi connectivity index (χ1) is 12.8. The average molecular weight is 362 g/mol. The van der Waals surface area contributed by atoms with Crippen molar-refractivity contribution in [1.29, 1.82) is 0 Å². The van der Waals surface area contributed by atoms with Crippen molar-refractivity contribution in [3.8, 4) is 11.3 Å². The number of hydrogen-bond acceptors (Lipinski definition) is 1. The molecule has 0 fully saturated rings. The summed E-state index contributed by atoms with van der Waals surface area (Å²) in [5.74, 6) is 0.207. The molecule has 0 amide bonds. The number of fused-ring (bicyclic) bond motifs is 3. The number of aryl methyl sites for hydroxylation is 4. The van der Waals surface area contributed by atoms with Gasteiger partial charge in [0, 0.05) is 28.5 Å². The SMILES string of the molecule is Cc1cc(-c2c(C)ccc3c2oc2cc(F)cc(C)c23)[n+](C)cc1C(C)C. The van der Waals surface area contributed by atoms with Crippen LogP contribution in [0.4, 0.5) is 4.39 Å². The normalized spacial score (nSPS) is 11.9. The third-order valence-corrected chi connectivity index (χ3v) is 5.51. The van der Waals surface area contributed by atoms with Crippen molar-refractivity contribution in [1.82, 2.24) is 0 Å². The lowest BCUT2D eigenvalue weighted by Crippen LogP contribution is -2.32. The molecule has 0 spiro atoms. The van der Waals surface area contributed by atoms with Crippen LogP contribution in [-0.2, 0) is 7.05 Å². The summed E-state index contributed by atoms with van der Waals surface area (Å²) in [4.78, 5) is 0. The standard InChI is InChI=1S/C24H25FNO/c1-13(2)19-12-26(6)20(10-15(19)4)23-14(3)7-8-18-22-16(5)9-17(25)11-21(22)27-24(18)23/h7-13H,1-6H3/q+1. The predicted molar refractivity (Wildman–Crippen MR) is 109 cm³/mol. The summed E-state index contributed by atoms with van der Waals surface area (Å²) in [5, 5.41) is 2.03. The van der Waals surface area contributed by atoms with Gasteiger partial charge in [-0.1, -0.05) is 26.0 Å². The summed E-state index contributed by atoms with van der Waals surface area (Å²) in [5.41, 5.74) is 8.27. The van der Waals surface area contributed by atoms with Crippen molar-refractivity contribution < 1.29 is 13.4 Å². The molecule has 0 saturated heterocycles. The molecule has 0 N–H and O–H groups in total. The molecule has 3 heteroatoms. The summed E-state index contributed by atoms with van der Waals surface area (Å²) in [6, 6.07) is 9.49. The number of nitrogens with zero attached hydrogens (tertiary/aromatic N) is 1. The summed E-state index contributed by atoms with van der Waals surface area (Å²) < 4.78 is 22.3. The van der Waals surface area contributed by atoms with Gasteiger partial charge in [-0.05, 0) is 49.4 Å². The Kier molecular flexibility index (Phi) is 4.06. The van der Waals surface area contributed by atoms with E-state index in [1.54, 1.807) is 6.07 Å². The van der Waals surface area contributed by atoms with Gasteiger partial charge in [-0.3, -0.25) is 0 Å². The number of pyridine rings is 1. The smallest absolute Gasteiger partial charge is 0.216 e. The highest BCUT2D eigenvalue weighted by Crippen LogP contribution is 2.38. The maximum absolute atomic E-state index is 13.9. The Morgan fingerprint density at radius 1 is 0.963 bits per heavy atom. The Hall–Kier alpha value is -2.68. The molecule has 0 bridgehead atoms. The van der Waals surface area contributed by atoms with E-state index in [-0.39, 0.29) is 5.82 Å². The molecular weight excluding hydrogens is 337 g/mol. The second-order valence-electron chi connectivity index (χ2n) is 7.89. The molecule has 0 unspecified atom stereocenters. The van der Waals surface area contributed by atoms with Gasteiger partial charge in [0.05, 0.1) is 5.56 Å². The summed E-state index contributed by atoms with van der Waals surface area (Å²) in [7, 11) is 2.08. The average Bonchev–Trinajstić information content (AvgIpc) is 2.94. The maximum Gasteiger partial charge on any atom is 0.216 e. The third-order valence-electron chi connectivity index (χ3n) is 5.51. The van der Waals surface area contributed by atoms with Gasteiger partial charge in [0.1, 0.15) is 24.0 Å². The topological polar surface area (TPSA) is 17.0 Å². The Morgan fingerprint density at radius 3 is 2.41 bits per heavy atom. The predicted octanol–water partition coefficient (Wildman–Crippen LogP) is 6.27. The Morgan fingerprint density at radius 2 is 1.70 bits per heavy atom. The molecule has 4 rings (SSSR count). The first-order valence-corrected chi connectivity index (χ1v) is 9.40. The Balaban J connectivity index is 2.10. The monoisotopic (exact) mass is 362 g/mol. The van der Waals surface area contributed by atoms with Gasteiger partial charge in [0.25, 0.3) is 0 Å². The quantitative estimate of drug-likeness (QED) is 0.384. The van der Waals surface area contributed by atoms with Gasteiger partial charge in [0.2, 0.25) is 5.69 Å². The molecule has 2 aromatic carbocycles. The molecule has 0 atom stereocenters. The zero-order chi connectivity index (χ0) is 19.5. The molecule has 0 aliphatic carbocycles. The number of benzene rings is 2. The molecule has 138 valence electrons. The molecule has 2 aromatic heterocycles. The molecule has 0 saturated carbocycles. The van der Waals surface area contributed by atoms with Crippen LogP contribution in [0.25, 0.3) is 33.2 Å². The lowest BCUT2D eigenvalue weighted by molar-refractivity contribution is -0.660. The second-order valence-corrected chi connectivity index (χ2v) is 7.89. The van der Waals surface area contributed by atoms with Crippen LogP contribution in [0.5, 0.6) is 0 Å². The summed E-state index contributed by atoms with van der Waals surface area (Å²) in [6.07, 6.45) is 2.21. The van der Waals surface area contributed by atoms with E-state index in [1.165, 1.54) is 17.2 Å². The molecule has 4 aromatic rings. The summed E-state index contributed by atoms with van der Waals surface area (Å²) >= 11 is 0. The molecule has 2 nitrogen and oxygen atoms in total. The van der Waals surface area contributed by atoms with Crippen molar-refractivity contribution in [2.75, 3.05) is 0 Å². The minimum absolute atomic E-state index is 0.264. The molecule has 0 aliphatic rings. The highest BCUT2D eigenvalue weighted by molar-refractivity contribution is 6.11. The third kappa shape index (κ3) is 2.73. The minimum Gasteiger partial charge on any atom is -0.455 e. The van der Waals surface area contributed by atoms with Crippen LogP contribution in [0.15, 0.2) is 40.9 Å². The van der Waals surface area contributed by atoms with Crippen LogP contribution >= 0.6 is 0 Å². The van der Waals surface area contributed by atoms with Gasteiger partial charge in [0.15, 0.2) is 6.20 Å². The van der Waals surface area contributed by atoms with E-state index in [0.717, 1.165) is 38.7 Å². The fraction of sp³-hybridized carbons (Fsp3) is 0.292. The van der Waals surface area contributed by atoms with Gasteiger partial charge in [-0.15, -0.1) is 0 Å². The van der Waals surface area contributed by atoms with Gasteiger partial charge < -0.3 is 4.42 Å². The van der Waals surface area contributed by atoms with Crippen LogP contribution in [0.2, 0.25) is 0 Å². The first-order valence-electron chi connectivity index (χ1n) is 9.40. The fourth-order valence-corrected chi connectivity index (χ4v) is 4.17. The van der Waals surface area contributed by atoms with Crippen LogP contribution in [0, 0.1) is 26.6 Å². The van der Waals surface area contributed by atoms with Crippen molar-refractivity contribution in [3.63, 3.8) is 0 Å². The van der Waals surface area contributed by atoms with Gasteiger partial charge >= 0.3 is 0 Å². The molecule has 2 heterocycles. The highest BCUT2D eigenvalue weighted by atomic mass is 19.1.